The zero-order valence-corrected chi connectivity index (χ0v) is 23.6. The highest BCUT2D eigenvalue weighted by Crippen LogP contribution is 2.69. The third-order valence-electron chi connectivity index (χ3n) is 9.84. The average molecular weight is 553 g/mol. The van der Waals surface area contributed by atoms with Crippen molar-refractivity contribution in [3.63, 3.8) is 0 Å². The first kappa shape index (κ1) is 29.9. The molecule has 0 aliphatic heterocycles. The van der Waals surface area contributed by atoms with Gasteiger partial charge in [-0.15, -0.1) is 0 Å². The van der Waals surface area contributed by atoms with Gasteiger partial charge in [-0.25, -0.2) is 0 Å². The van der Waals surface area contributed by atoms with E-state index in [1.165, 1.54) is 19.4 Å². The highest BCUT2D eigenvalue weighted by Gasteiger charge is 2.60. The quantitative estimate of drug-likeness (QED) is 0.268. The normalized spacial score (nSPS) is 36.0. The summed E-state index contributed by atoms with van der Waals surface area (Å²) in [6.07, 6.45) is 11.3. The minimum Gasteiger partial charge on any atom is -0.462 e. The zero-order valence-electron chi connectivity index (χ0n) is 23.6. The number of fused-ring (bicyclic) bond motifs is 1. The lowest BCUT2D eigenvalue weighted by Crippen LogP contribution is -2.40. The standard InChI is InChI=1S/C31H43F3O5/c1-20(35)38-24-17-22(18-25(19-24)39-21(2)36)8-9-23-7-5-12-28(3)26(23)10-11-27(28)30(15-16-30)14-6-13-29(4,37)31(32,33)34/h6,8-9,13,24-27,37H,5,7,10-12,14-19H2,1-4H3/b13-6+,22-8-,23-9+/t24?,25-,26?,27?,28+,29?/m1/s1. The van der Waals surface area contributed by atoms with Crippen molar-refractivity contribution < 1.29 is 37.3 Å². The first-order chi connectivity index (χ1) is 18.2. The van der Waals surface area contributed by atoms with Crippen LogP contribution in [0.25, 0.3) is 0 Å². The number of hydrogen-bond acceptors (Lipinski definition) is 5. The van der Waals surface area contributed by atoms with Crippen LogP contribution >= 0.6 is 0 Å². The van der Waals surface area contributed by atoms with Gasteiger partial charge in [-0.2, -0.15) is 13.2 Å². The summed E-state index contributed by atoms with van der Waals surface area (Å²) in [5, 5.41) is 9.82. The lowest BCUT2D eigenvalue weighted by Gasteiger charge is -2.45. The predicted octanol–water partition coefficient (Wildman–Crippen LogP) is 7.14. The highest BCUT2D eigenvalue weighted by atomic mass is 19.4. The Balaban J connectivity index is 1.48. The van der Waals surface area contributed by atoms with E-state index in [1.54, 1.807) is 6.08 Å². The second-order valence-corrected chi connectivity index (χ2v) is 12.8. The van der Waals surface area contributed by atoms with E-state index in [0.29, 0.717) is 37.5 Å². The molecule has 0 aromatic carbocycles. The highest BCUT2D eigenvalue weighted by molar-refractivity contribution is 5.67. The molecule has 0 heterocycles. The molecule has 0 aromatic heterocycles. The van der Waals surface area contributed by atoms with Crippen LogP contribution in [0, 0.1) is 22.7 Å². The molecule has 4 unspecified atom stereocenters. The Morgan fingerprint density at radius 1 is 1.03 bits per heavy atom. The number of ether oxygens (including phenoxy) is 2. The van der Waals surface area contributed by atoms with Gasteiger partial charge in [-0.1, -0.05) is 36.3 Å². The summed E-state index contributed by atoms with van der Waals surface area (Å²) in [4.78, 5) is 23.1. The molecule has 4 aliphatic carbocycles. The number of alkyl halides is 3. The monoisotopic (exact) mass is 552 g/mol. The van der Waals surface area contributed by atoms with Crippen LogP contribution in [0.1, 0.15) is 98.3 Å². The Kier molecular flexibility index (Phi) is 8.47. The Morgan fingerprint density at radius 3 is 2.18 bits per heavy atom. The molecule has 1 N–H and O–H groups in total. The maximum Gasteiger partial charge on any atom is 0.420 e. The molecule has 4 rings (SSSR count). The molecule has 0 radical (unpaired) electrons. The number of aliphatic hydroxyl groups is 1. The summed E-state index contributed by atoms with van der Waals surface area (Å²) in [5.74, 6) is 0.201. The number of rotatable bonds is 7. The van der Waals surface area contributed by atoms with Crippen molar-refractivity contribution in [2.45, 2.75) is 122 Å². The molecule has 0 amide bonds. The lowest BCUT2D eigenvalue weighted by molar-refractivity contribution is -0.232. The van der Waals surface area contributed by atoms with Crippen molar-refractivity contribution in [3.8, 4) is 0 Å². The minimum absolute atomic E-state index is 0.0282. The number of esters is 2. The molecule has 0 aromatic rings. The van der Waals surface area contributed by atoms with Crippen LogP contribution < -0.4 is 0 Å². The van der Waals surface area contributed by atoms with Gasteiger partial charge in [-0.05, 0) is 87.0 Å². The van der Waals surface area contributed by atoms with E-state index in [-0.39, 0.29) is 35.0 Å². The molecule has 4 saturated carbocycles. The third kappa shape index (κ3) is 6.63. The summed E-state index contributed by atoms with van der Waals surface area (Å²) < 4.78 is 50.2. The first-order valence-electron chi connectivity index (χ1n) is 14.3. The van der Waals surface area contributed by atoms with Crippen molar-refractivity contribution in [1.29, 1.82) is 0 Å². The van der Waals surface area contributed by atoms with Crippen LogP contribution in [0.5, 0.6) is 0 Å². The van der Waals surface area contributed by atoms with Gasteiger partial charge in [0.1, 0.15) is 12.2 Å². The van der Waals surface area contributed by atoms with E-state index in [1.807, 2.05) is 0 Å². The van der Waals surface area contributed by atoms with E-state index in [0.717, 1.165) is 63.5 Å². The molecule has 0 saturated heterocycles. The number of allylic oxidation sites excluding steroid dienone is 4. The van der Waals surface area contributed by atoms with E-state index >= 15 is 0 Å². The van der Waals surface area contributed by atoms with Gasteiger partial charge >= 0.3 is 18.1 Å². The first-order valence-corrected chi connectivity index (χ1v) is 14.3. The second-order valence-electron chi connectivity index (χ2n) is 12.8. The van der Waals surface area contributed by atoms with Gasteiger partial charge < -0.3 is 14.6 Å². The van der Waals surface area contributed by atoms with Crippen molar-refractivity contribution in [2.75, 3.05) is 0 Å². The van der Waals surface area contributed by atoms with Crippen molar-refractivity contribution in [2.24, 2.45) is 22.7 Å². The van der Waals surface area contributed by atoms with Crippen LogP contribution in [0.15, 0.2) is 35.5 Å². The molecule has 4 fully saturated rings. The van der Waals surface area contributed by atoms with Gasteiger partial charge in [0.25, 0.3) is 0 Å². The molecule has 218 valence electrons. The number of carbonyl (C=O) groups excluding carboxylic acids is 2. The fourth-order valence-electron chi connectivity index (χ4n) is 7.86. The average Bonchev–Trinajstić information content (AvgIpc) is 3.48. The SMILES string of the molecule is CC(=O)OC1C/C(=C/C=C2\CCC[C@@]3(C)C2CCC3C2(C/C=C/C(C)(O)C(F)(F)F)CC2)C[C@@H](OC(C)=O)C1. The molecular formula is C31H43F3O5. The zero-order chi connectivity index (χ0) is 28.6. The molecule has 39 heavy (non-hydrogen) atoms. The van der Waals surface area contributed by atoms with Crippen LogP contribution in [0.3, 0.4) is 0 Å². The van der Waals surface area contributed by atoms with E-state index in [4.69, 9.17) is 9.47 Å². The summed E-state index contributed by atoms with van der Waals surface area (Å²) in [6.45, 7) is 5.96. The van der Waals surface area contributed by atoms with Gasteiger partial charge in [0.05, 0.1) is 0 Å². The molecule has 0 spiro atoms. The predicted molar refractivity (Wildman–Crippen MR) is 141 cm³/mol. The summed E-state index contributed by atoms with van der Waals surface area (Å²) >= 11 is 0. The van der Waals surface area contributed by atoms with Crippen molar-refractivity contribution >= 4 is 11.9 Å². The molecule has 0 bridgehead atoms. The maximum atomic E-state index is 13.1. The Labute approximate surface area is 229 Å². The van der Waals surface area contributed by atoms with Crippen molar-refractivity contribution in [3.05, 3.63) is 35.5 Å². The van der Waals surface area contributed by atoms with Gasteiger partial charge in [0, 0.05) is 33.1 Å². The molecule has 5 nitrogen and oxygen atoms in total. The summed E-state index contributed by atoms with van der Waals surface area (Å²) in [6, 6.07) is 0. The van der Waals surface area contributed by atoms with Crippen molar-refractivity contribution in [1.82, 2.24) is 0 Å². The van der Waals surface area contributed by atoms with E-state index in [9.17, 15) is 27.9 Å². The van der Waals surface area contributed by atoms with Gasteiger partial charge in [-0.3, -0.25) is 9.59 Å². The maximum absolute atomic E-state index is 13.1. The molecule has 8 heteroatoms. The molecular weight excluding hydrogens is 509 g/mol. The number of carbonyl (C=O) groups is 2. The largest absolute Gasteiger partial charge is 0.462 e. The van der Waals surface area contributed by atoms with E-state index < -0.39 is 11.8 Å². The molecule has 6 atom stereocenters. The second kappa shape index (κ2) is 11.1. The Bertz CT molecular complexity index is 1010. The van der Waals surface area contributed by atoms with Crippen LogP contribution in [0.4, 0.5) is 13.2 Å². The number of halogens is 3. The summed E-state index contributed by atoms with van der Waals surface area (Å²) in [5.41, 5.74) is -0.147. The van der Waals surface area contributed by atoms with Crippen LogP contribution in [0.2, 0.25) is 0 Å². The van der Waals surface area contributed by atoms with Crippen LogP contribution in [-0.2, 0) is 19.1 Å². The topological polar surface area (TPSA) is 72.8 Å². The molecule has 4 aliphatic rings. The van der Waals surface area contributed by atoms with Crippen LogP contribution in [-0.4, -0.2) is 41.0 Å². The lowest BCUT2D eigenvalue weighted by atomic mass is 9.59. The number of hydrogen-bond donors (Lipinski definition) is 1. The van der Waals surface area contributed by atoms with Gasteiger partial charge in [0.2, 0.25) is 0 Å². The van der Waals surface area contributed by atoms with Gasteiger partial charge in [0.15, 0.2) is 5.60 Å². The minimum atomic E-state index is -4.68. The van der Waals surface area contributed by atoms with E-state index in [2.05, 4.69) is 19.1 Å². The smallest absolute Gasteiger partial charge is 0.420 e. The Morgan fingerprint density at radius 2 is 1.64 bits per heavy atom. The Hall–Kier alpha value is -2.09. The third-order valence-corrected chi connectivity index (χ3v) is 9.84. The summed E-state index contributed by atoms with van der Waals surface area (Å²) in [7, 11) is 0. The fourth-order valence-corrected chi connectivity index (χ4v) is 7.86. The fraction of sp³-hybridized carbons (Fsp3) is 0.742.